The summed E-state index contributed by atoms with van der Waals surface area (Å²) in [5.74, 6) is -0.963. The van der Waals surface area contributed by atoms with E-state index in [0.717, 1.165) is 18.4 Å². The molecule has 4 nitrogen and oxygen atoms in total. The van der Waals surface area contributed by atoms with Crippen molar-refractivity contribution in [2.24, 2.45) is 0 Å². The Morgan fingerprint density at radius 2 is 1.95 bits per heavy atom. The molecular weight excluding hydrogens is 240 g/mol. The third kappa shape index (κ3) is 2.10. The molecule has 19 heavy (non-hydrogen) atoms. The summed E-state index contributed by atoms with van der Waals surface area (Å²) in [6.07, 6.45) is 3.42. The lowest BCUT2D eigenvalue weighted by molar-refractivity contribution is 0.0695. The van der Waals surface area contributed by atoms with E-state index < -0.39 is 5.97 Å². The van der Waals surface area contributed by atoms with Crippen LogP contribution in [-0.4, -0.2) is 21.3 Å². The van der Waals surface area contributed by atoms with Gasteiger partial charge in [-0.2, -0.15) is 10.2 Å². The van der Waals surface area contributed by atoms with Crippen LogP contribution < -0.4 is 0 Å². The first-order valence-electron chi connectivity index (χ1n) is 6.35. The number of aromatic nitrogens is 2. The van der Waals surface area contributed by atoms with Gasteiger partial charge in [0, 0.05) is 5.56 Å². The summed E-state index contributed by atoms with van der Waals surface area (Å²) in [4.78, 5) is 11.1. The van der Waals surface area contributed by atoms with Gasteiger partial charge in [-0.25, -0.2) is 4.79 Å². The molecule has 0 unspecified atom stereocenters. The monoisotopic (exact) mass is 254 g/mol. The van der Waals surface area contributed by atoms with E-state index in [1.165, 1.54) is 17.5 Å². The molecule has 0 bridgehead atoms. The lowest BCUT2D eigenvalue weighted by atomic mass is 10.0. The highest BCUT2D eigenvalue weighted by atomic mass is 16.4. The molecule has 4 heteroatoms. The average Bonchev–Trinajstić information content (AvgIpc) is 2.86. The first-order chi connectivity index (χ1) is 9.15. The van der Waals surface area contributed by atoms with E-state index in [0.29, 0.717) is 11.4 Å². The quantitative estimate of drug-likeness (QED) is 0.894. The van der Waals surface area contributed by atoms with Crippen molar-refractivity contribution < 1.29 is 9.90 Å². The molecular formula is C15H14N2O2. The van der Waals surface area contributed by atoms with Crippen LogP contribution in [0.1, 0.15) is 33.6 Å². The first-order valence-corrected chi connectivity index (χ1v) is 6.35. The molecule has 1 aliphatic carbocycles. The van der Waals surface area contributed by atoms with Gasteiger partial charge in [0.2, 0.25) is 0 Å². The van der Waals surface area contributed by atoms with Crippen molar-refractivity contribution >= 4 is 5.97 Å². The van der Waals surface area contributed by atoms with Gasteiger partial charge in [-0.05, 0) is 49.4 Å². The second kappa shape index (κ2) is 4.46. The molecule has 3 rings (SSSR count). The Balaban J connectivity index is 2.07. The normalized spacial score (nSPS) is 13.3. The average molecular weight is 254 g/mol. The van der Waals surface area contributed by atoms with E-state index in [2.05, 4.69) is 22.3 Å². The number of carbonyl (C=O) groups is 1. The molecule has 1 heterocycles. The highest BCUT2D eigenvalue weighted by Gasteiger charge is 2.14. The van der Waals surface area contributed by atoms with Crippen molar-refractivity contribution in [2.75, 3.05) is 0 Å². The Morgan fingerprint density at radius 1 is 1.16 bits per heavy atom. The van der Waals surface area contributed by atoms with Crippen LogP contribution in [0.3, 0.4) is 0 Å². The molecule has 0 saturated carbocycles. The van der Waals surface area contributed by atoms with Crippen LogP contribution in [-0.2, 0) is 12.8 Å². The number of hydrogen-bond acceptors (Lipinski definition) is 3. The molecule has 0 saturated heterocycles. The Hall–Kier alpha value is -2.23. The van der Waals surface area contributed by atoms with Crippen LogP contribution in [0.4, 0.5) is 0 Å². The maximum atomic E-state index is 11.1. The van der Waals surface area contributed by atoms with Gasteiger partial charge in [-0.3, -0.25) is 0 Å². The molecule has 0 aliphatic heterocycles. The molecule has 0 atom stereocenters. The summed E-state index contributed by atoms with van der Waals surface area (Å²) < 4.78 is 0. The predicted octanol–water partition coefficient (Wildman–Crippen LogP) is 2.64. The van der Waals surface area contributed by atoms with Crippen LogP contribution in [0.5, 0.6) is 0 Å². The van der Waals surface area contributed by atoms with Gasteiger partial charge in [0.05, 0.1) is 17.0 Å². The minimum Gasteiger partial charge on any atom is -0.478 e. The van der Waals surface area contributed by atoms with Crippen molar-refractivity contribution in [2.45, 2.75) is 26.2 Å². The largest absolute Gasteiger partial charge is 0.478 e. The van der Waals surface area contributed by atoms with Gasteiger partial charge in [0.25, 0.3) is 0 Å². The van der Waals surface area contributed by atoms with E-state index in [1.807, 2.05) is 6.07 Å². The van der Waals surface area contributed by atoms with Gasteiger partial charge in [-0.1, -0.05) is 12.1 Å². The summed E-state index contributed by atoms with van der Waals surface area (Å²) in [5.41, 5.74) is 4.95. The lowest BCUT2D eigenvalue weighted by Crippen LogP contribution is -2.04. The maximum Gasteiger partial charge on any atom is 0.337 e. The fraction of sp³-hybridized carbons (Fsp3) is 0.267. The molecule has 2 aromatic rings. The number of aromatic carboxylic acids is 1. The van der Waals surface area contributed by atoms with Gasteiger partial charge in [-0.15, -0.1) is 0 Å². The SMILES string of the molecule is Cc1nnc(-c2ccc3c(c2)CCC3)cc1C(=O)O. The number of nitrogens with zero attached hydrogens (tertiary/aromatic N) is 2. The van der Waals surface area contributed by atoms with E-state index >= 15 is 0 Å². The van der Waals surface area contributed by atoms with Crippen molar-refractivity contribution in [3.05, 3.63) is 46.6 Å². The lowest BCUT2D eigenvalue weighted by Gasteiger charge is -2.06. The van der Waals surface area contributed by atoms with Crippen molar-refractivity contribution in [3.8, 4) is 11.3 Å². The van der Waals surface area contributed by atoms with E-state index in [-0.39, 0.29) is 5.56 Å². The number of fused-ring (bicyclic) bond motifs is 1. The zero-order chi connectivity index (χ0) is 13.4. The molecule has 1 aromatic carbocycles. The Bertz CT molecular complexity index is 665. The maximum absolute atomic E-state index is 11.1. The molecule has 1 aliphatic rings. The Kier molecular flexibility index (Phi) is 2.78. The van der Waals surface area contributed by atoms with E-state index in [4.69, 9.17) is 5.11 Å². The van der Waals surface area contributed by atoms with Crippen LogP contribution in [0.2, 0.25) is 0 Å². The standard InChI is InChI=1S/C15H14N2O2/c1-9-13(15(18)19)8-14(17-16-9)12-6-5-10-3-2-4-11(10)7-12/h5-8H,2-4H2,1H3,(H,18,19). The number of rotatable bonds is 2. The van der Waals surface area contributed by atoms with Crippen molar-refractivity contribution in [1.29, 1.82) is 0 Å². The number of hydrogen-bond donors (Lipinski definition) is 1. The smallest absolute Gasteiger partial charge is 0.337 e. The summed E-state index contributed by atoms with van der Waals surface area (Å²) in [6, 6.07) is 7.81. The number of aryl methyl sites for hydroxylation is 3. The highest BCUT2D eigenvalue weighted by Crippen LogP contribution is 2.27. The molecule has 1 aromatic heterocycles. The zero-order valence-corrected chi connectivity index (χ0v) is 10.7. The van der Waals surface area contributed by atoms with Gasteiger partial charge in [0.15, 0.2) is 0 Å². The van der Waals surface area contributed by atoms with Gasteiger partial charge >= 0.3 is 5.97 Å². The second-order valence-corrected chi connectivity index (χ2v) is 4.87. The third-order valence-electron chi connectivity index (χ3n) is 3.60. The molecule has 0 fully saturated rings. The minimum atomic E-state index is -0.963. The Labute approximate surface area is 111 Å². The molecule has 0 amide bonds. The van der Waals surface area contributed by atoms with Gasteiger partial charge in [0.1, 0.15) is 0 Å². The zero-order valence-electron chi connectivity index (χ0n) is 10.7. The number of benzene rings is 1. The van der Waals surface area contributed by atoms with Crippen LogP contribution in [0.25, 0.3) is 11.3 Å². The molecule has 96 valence electrons. The number of carboxylic acids is 1. The summed E-state index contributed by atoms with van der Waals surface area (Å²) >= 11 is 0. The highest BCUT2D eigenvalue weighted by molar-refractivity contribution is 5.90. The predicted molar refractivity (Wildman–Crippen MR) is 71.2 cm³/mol. The molecule has 1 N–H and O–H groups in total. The van der Waals surface area contributed by atoms with Crippen LogP contribution >= 0.6 is 0 Å². The van der Waals surface area contributed by atoms with Crippen molar-refractivity contribution in [3.63, 3.8) is 0 Å². The molecule has 0 spiro atoms. The topological polar surface area (TPSA) is 63.1 Å². The Morgan fingerprint density at radius 3 is 2.74 bits per heavy atom. The fourth-order valence-electron chi connectivity index (χ4n) is 2.54. The third-order valence-corrected chi connectivity index (χ3v) is 3.60. The summed E-state index contributed by atoms with van der Waals surface area (Å²) in [5, 5.41) is 17.2. The first kappa shape index (κ1) is 11.8. The fourth-order valence-corrected chi connectivity index (χ4v) is 2.54. The van der Waals surface area contributed by atoms with Crippen molar-refractivity contribution in [1.82, 2.24) is 10.2 Å². The second-order valence-electron chi connectivity index (χ2n) is 4.87. The van der Waals surface area contributed by atoms with Gasteiger partial charge < -0.3 is 5.11 Å². The minimum absolute atomic E-state index is 0.213. The van der Waals surface area contributed by atoms with Crippen LogP contribution in [0.15, 0.2) is 24.3 Å². The van der Waals surface area contributed by atoms with E-state index in [9.17, 15) is 4.79 Å². The summed E-state index contributed by atoms with van der Waals surface area (Å²) in [7, 11) is 0. The number of carboxylic acid groups (broad SMARTS) is 1. The van der Waals surface area contributed by atoms with Crippen LogP contribution in [0, 0.1) is 6.92 Å². The van der Waals surface area contributed by atoms with E-state index in [1.54, 1.807) is 13.0 Å². The summed E-state index contributed by atoms with van der Waals surface area (Å²) in [6.45, 7) is 1.66. The molecule has 0 radical (unpaired) electrons.